The first-order valence-electron chi connectivity index (χ1n) is 12.3. The lowest BCUT2D eigenvalue weighted by Gasteiger charge is -2.36. The van der Waals surface area contributed by atoms with E-state index < -0.39 is 72.1 Å². The fourth-order valence-corrected chi connectivity index (χ4v) is 3.79. The van der Waals surface area contributed by atoms with Gasteiger partial charge in [-0.2, -0.15) is 0 Å². The van der Waals surface area contributed by atoms with Crippen molar-refractivity contribution in [3.05, 3.63) is 0 Å². The Labute approximate surface area is 218 Å². The van der Waals surface area contributed by atoms with E-state index in [1.165, 1.54) is 21.0 Å². The monoisotopic (exact) mass is 528 g/mol. The molecule has 13 nitrogen and oxygen atoms in total. The van der Waals surface area contributed by atoms with Gasteiger partial charge in [-0.1, -0.05) is 27.7 Å². The highest BCUT2D eigenvalue weighted by Gasteiger charge is 2.38. The lowest BCUT2D eigenvalue weighted by molar-refractivity contribution is -0.155. The summed E-state index contributed by atoms with van der Waals surface area (Å²) in [7, 11) is 4.23. The minimum atomic E-state index is -1.49. The molecule has 0 saturated carbocycles. The standard InChI is InChI=1S/C24H44N6O7/c1-12(2)10-16(28-20(32)14(5)26-7)21(33)27-15(6)22(34)30(9)19(13(3)4)23(35)29(8)17(24(36)37)11-18(25)31/h12-17,19,26H,10-11H2,1-9H3,(H2,25,31)(H,27,33)(H,28,32)(H,36,37)/t14-,15-,16-,17-,19-/m0/s1. The van der Waals surface area contributed by atoms with E-state index >= 15 is 0 Å². The number of carboxylic acid groups (broad SMARTS) is 1. The minimum absolute atomic E-state index is 0.0793. The molecule has 0 aliphatic carbocycles. The average molecular weight is 529 g/mol. The number of nitrogens with one attached hydrogen (secondary N) is 3. The van der Waals surface area contributed by atoms with Crippen molar-refractivity contribution in [2.24, 2.45) is 17.6 Å². The van der Waals surface area contributed by atoms with E-state index in [9.17, 15) is 33.9 Å². The molecular weight excluding hydrogens is 484 g/mol. The number of nitrogens with zero attached hydrogens (tertiary/aromatic N) is 2. The lowest BCUT2D eigenvalue weighted by atomic mass is 9.99. The number of carbonyl (C=O) groups is 6. The van der Waals surface area contributed by atoms with Gasteiger partial charge in [-0.05, 0) is 39.2 Å². The Balaban J connectivity index is 5.70. The summed E-state index contributed by atoms with van der Waals surface area (Å²) in [6.07, 6.45) is -0.235. The Bertz CT molecular complexity index is 847. The van der Waals surface area contributed by atoms with E-state index in [0.29, 0.717) is 6.42 Å². The second kappa shape index (κ2) is 15.1. The number of hydrogen-bond donors (Lipinski definition) is 5. The largest absolute Gasteiger partial charge is 0.480 e. The molecule has 0 aromatic carbocycles. The summed E-state index contributed by atoms with van der Waals surface area (Å²) in [5.41, 5.74) is 5.13. The van der Waals surface area contributed by atoms with Crippen molar-refractivity contribution in [1.82, 2.24) is 25.8 Å². The van der Waals surface area contributed by atoms with Crippen LogP contribution in [-0.4, -0.2) is 102 Å². The van der Waals surface area contributed by atoms with Crippen molar-refractivity contribution in [1.29, 1.82) is 0 Å². The van der Waals surface area contributed by atoms with Crippen LogP contribution >= 0.6 is 0 Å². The molecule has 37 heavy (non-hydrogen) atoms. The second-order valence-electron chi connectivity index (χ2n) is 10.0. The molecule has 0 spiro atoms. The van der Waals surface area contributed by atoms with E-state index in [1.807, 2.05) is 13.8 Å². The summed E-state index contributed by atoms with van der Waals surface area (Å²) < 4.78 is 0. The number of carboxylic acids is 1. The van der Waals surface area contributed by atoms with E-state index in [0.717, 1.165) is 9.80 Å². The number of nitrogens with two attached hydrogens (primary N) is 1. The zero-order valence-corrected chi connectivity index (χ0v) is 23.3. The van der Waals surface area contributed by atoms with Crippen LogP contribution in [0.1, 0.15) is 54.4 Å². The summed E-state index contributed by atoms with van der Waals surface area (Å²) in [5, 5.41) is 17.6. The predicted octanol–water partition coefficient (Wildman–Crippen LogP) is -1.10. The Kier molecular flexibility index (Phi) is 13.8. The van der Waals surface area contributed by atoms with Gasteiger partial charge in [0.25, 0.3) is 0 Å². The Hall–Kier alpha value is -3.22. The van der Waals surface area contributed by atoms with Gasteiger partial charge in [0.2, 0.25) is 29.5 Å². The van der Waals surface area contributed by atoms with E-state index in [2.05, 4.69) is 16.0 Å². The minimum Gasteiger partial charge on any atom is -0.480 e. The molecule has 212 valence electrons. The molecule has 0 rings (SSSR count). The molecule has 0 unspecified atom stereocenters. The van der Waals surface area contributed by atoms with Gasteiger partial charge in [0.05, 0.1) is 12.5 Å². The maximum Gasteiger partial charge on any atom is 0.326 e. The Morgan fingerprint density at radius 1 is 0.811 bits per heavy atom. The van der Waals surface area contributed by atoms with Gasteiger partial charge < -0.3 is 36.6 Å². The Morgan fingerprint density at radius 3 is 1.76 bits per heavy atom. The number of likely N-dealkylation sites (N-methyl/N-ethyl adjacent to an activating group) is 3. The first kappa shape index (κ1) is 33.8. The van der Waals surface area contributed by atoms with Crippen molar-refractivity contribution < 1.29 is 33.9 Å². The quantitative estimate of drug-likeness (QED) is 0.177. The van der Waals surface area contributed by atoms with E-state index in [-0.39, 0.29) is 11.8 Å². The van der Waals surface area contributed by atoms with Gasteiger partial charge in [-0.25, -0.2) is 4.79 Å². The number of rotatable bonds is 15. The number of aliphatic carboxylic acids is 1. The molecule has 0 heterocycles. The molecule has 5 amide bonds. The van der Waals surface area contributed by atoms with Crippen molar-refractivity contribution in [2.75, 3.05) is 21.1 Å². The van der Waals surface area contributed by atoms with Crippen LogP contribution in [0.3, 0.4) is 0 Å². The van der Waals surface area contributed by atoms with Crippen LogP contribution < -0.4 is 21.7 Å². The third-order valence-corrected chi connectivity index (χ3v) is 6.04. The fourth-order valence-electron chi connectivity index (χ4n) is 3.79. The maximum absolute atomic E-state index is 13.2. The molecule has 0 fully saturated rings. The van der Waals surface area contributed by atoms with Gasteiger partial charge in [0.15, 0.2) is 0 Å². The lowest BCUT2D eigenvalue weighted by Crippen LogP contribution is -2.59. The van der Waals surface area contributed by atoms with Crippen LogP contribution in [-0.2, 0) is 28.8 Å². The number of carbonyl (C=O) groups excluding carboxylic acids is 5. The van der Waals surface area contributed by atoms with Gasteiger partial charge in [-0.15, -0.1) is 0 Å². The molecule has 0 radical (unpaired) electrons. The van der Waals surface area contributed by atoms with Crippen LogP contribution in [0, 0.1) is 11.8 Å². The number of amides is 5. The number of hydrogen-bond acceptors (Lipinski definition) is 7. The van der Waals surface area contributed by atoms with E-state index in [4.69, 9.17) is 5.73 Å². The maximum atomic E-state index is 13.2. The zero-order chi connectivity index (χ0) is 29.2. The van der Waals surface area contributed by atoms with Crippen molar-refractivity contribution >= 4 is 35.5 Å². The third kappa shape index (κ3) is 10.3. The van der Waals surface area contributed by atoms with Crippen LogP contribution in [0.15, 0.2) is 0 Å². The number of primary amides is 1. The summed E-state index contributed by atoms with van der Waals surface area (Å²) in [5.74, 6) is -4.83. The van der Waals surface area contributed by atoms with E-state index in [1.54, 1.807) is 27.8 Å². The highest BCUT2D eigenvalue weighted by Crippen LogP contribution is 2.16. The smallest absolute Gasteiger partial charge is 0.326 e. The normalized spacial score (nSPS) is 15.2. The molecule has 6 N–H and O–H groups in total. The third-order valence-electron chi connectivity index (χ3n) is 6.04. The average Bonchev–Trinajstić information content (AvgIpc) is 2.79. The molecule has 0 bridgehead atoms. The van der Waals surface area contributed by atoms with Crippen LogP contribution in [0.25, 0.3) is 0 Å². The molecular formula is C24H44N6O7. The topological polar surface area (TPSA) is 191 Å². The first-order valence-corrected chi connectivity index (χ1v) is 12.3. The summed E-state index contributed by atoms with van der Waals surface area (Å²) in [6.45, 7) is 10.3. The summed E-state index contributed by atoms with van der Waals surface area (Å²) in [4.78, 5) is 76.7. The molecule has 13 heteroatoms. The Morgan fingerprint density at radius 2 is 1.35 bits per heavy atom. The molecule has 0 aromatic rings. The van der Waals surface area contributed by atoms with Gasteiger partial charge in [0, 0.05) is 14.1 Å². The highest BCUT2D eigenvalue weighted by molar-refractivity contribution is 5.95. The highest BCUT2D eigenvalue weighted by atomic mass is 16.4. The van der Waals surface area contributed by atoms with Crippen LogP contribution in [0.5, 0.6) is 0 Å². The second-order valence-corrected chi connectivity index (χ2v) is 10.0. The van der Waals surface area contributed by atoms with Crippen LogP contribution in [0.4, 0.5) is 0 Å². The molecule has 0 aliphatic rings. The van der Waals surface area contributed by atoms with Crippen LogP contribution in [0.2, 0.25) is 0 Å². The first-order chi connectivity index (χ1) is 17.0. The summed E-state index contributed by atoms with van der Waals surface area (Å²) in [6, 6.07) is -5.01. The van der Waals surface area contributed by atoms with Crippen molar-refractivity contribution in [3.8, 4) is 0 Å². The van der Waals surface area contributed by atoms with Crippen molar-refractivity contribution in [2.45, 2.75) is 84.6 Å². The molecule has 0 saturated heterocycles. The molecule has 0 aromatic heterocycles. The predicted molar refractivity (Wildman–Crippen MR) is 137 cm³/mol. The van der Waals surface area contributed by atoms with Gasteiger partial charge in [0.1, 0.15) is 24.2 Å². The van der Waals surface area contributed by atoms with Gasteiger partial charge >= 0.3 is 5.97 Å². The SMILES string of the molecule is CN[C@@H](C)C(=O)N[C@@H](CC(C)C)C(=O)N[C@@H](C)C(=O)N(C)[C@H](C(=O)N(C)[C@@H](CC(N)=O)C(=O)O)C(C)C. The van der Waals surface area contributed by atoms with Gasteiger partial charge in [-0.3, -0.25) is 24.0 Å². The fraction of sp³-hybridized carbons (Fsp3) is 0.750. The summed E-state index contributed by atoms with van der Waals surface area (Å²) >= 11 is 0. The van der Waals surface area contributed by atoms with Crippen molar-refractivity contribution in [3.63, 3.8) is 0 Å². The molecule has 5 atom stereocenters. The zero-order valence-electron chi connectivity index (χ0n) is 23.3. The molecule has 0 aliphatic heterocycles.